The molecule has 0 aromatic rings. The Hall–Kier alpha value is -0.810. The second kappa shape index (κ2) is 7.70. The number of likely N-dealkylation sites (N-methyl/N-ethyl adjacent to an activating group) is 1. The Morgan fingerprint density at radius 3 is 2.63 bits per heavy atom. The van der Waals surface area contributed by atoms with E-state index >= 15 is 0 Å². The van der Waals surface area contributed by atoms with Crippen LogP contribution in [0.2, 0.25) is 0 Å². The number of likely N-dealkylation sites (tertiary alicyclic amines) is 1. The number of carbonyl (C=O) groups excluding carboxylic acids is 2. The molecule has 110 valence electrons. The fraction of sp³-hybridized carbons (Fsp3) is 0.846. The molecule has 2 N–H and O–H groups in total. The van der Waals surface area contributed by atoms with Gasteiger partial charge in [0.05, 0.1) is 5.92 Å². The summed E-state index contributed by atoms with van der Waals surface area (Å²) in [7, 11) is 1.85. The molecule has 0 radical (unpaired) electrons. The normalized spacial score (nSPS) is 23.5. The molecule has 0 aromatic carbocycles. The number of rotatable bonds is 5. The van der Waals surface area contributed by atoms with Gasteiger partial charge in [0.25, 0.3) is 0 Å². The molecule has 6 heteroatoms. The lowest BCUT2D eigenvalue weighted by molar-refractivity contribution is -0.130. The van der Waals surface area contributed by atoms with E-state index in [4.69, 9.17) is 0 Å². The summed E-state index contributed by atoms with van der Waals surface area (Å²) in [6.45, 7) is 2.01. The maximum absolute atomic E-state index is 11.9. The molecule has 2 rings (SSSR count). The molecule has 19 heavy (non-hydrogen) atoms. The predicted molar refractivity (Wildman–Crippen MR) is 76.3 cm³/mol. The van der Waals surface area contributed by atoms with Crippen molar-refractivity contribution in [3.05, 3.63) is 0 Å². The van der Waals surface area contributed by atoms with Gasteiger partial charge in [-0.1, -0.05) is 12.8 Å². The van der Waals surface area contributed by atoms with Crippen molar-refractivity contribution >= 4 is 24.2 Å². The van der Waals surface area contributed by atoms with Gasteiger partial charge in [0.1, 0.15) is 0 Å². The van der Waals surface area contributed by atoms with Gasteiger partial charge in [-0.2, -0.15) is 0 Å². The number of halogens is 1. The lowest BCUT2D eigenvalue weighted by Gasteiger charge is -2.23. The Morgan fingerprint density at radius 2 is 2.00 bits per heavy atom. The highest BCUT2D eigenvalue weighted by atomic mass is 35.5. The van der Waals surface area contributed by atoms with Gasteiger partial charge in [0.2, 0.25) is 11.8 Å². The lowest BCUT2D eigenvalue weighted by Crippen LogP contribution is -2.38. The van der Waals surface area contributed by atoms with Crippen LogP contribution in [-0.2, 0) is 9.59 Å². The monoisotopic (exact) mass is 289 g/mol. The van der Waals surface area contributed by atoms with Crippen LogP contribution in [-0.4, -0.2) is 49.4 Å². The zero-order valence-electron chi connectivity index (χ0n) is 11.5. The van der Waals surface area contributed by atoms with Gasteiger partial charge in [-0.25, -0.2) is 0 Å². The highest BCUT2D eigenvalue weighted by Crippen LogP contribution is 2.29. The summed E-state index contributed by atoms with van der Waals surface area (Å²) in [4.78, 5) is 25.8. The zero-order valence-corrected chi connectivity index (χ0v) is 12.3. The summed E-state index contributed by atoms with van der Waals surface area (Å²) in [6, 6.07) is 0.396. The Balaban J connectivity index is 0.00000180. The Kier molecular flexibility index (Phi) is 6.58. The molecule has 2 aliphatic rings. The van der Waals surface area contributed by atoms with Gasteiger partial charge in [0, 0.05) is 32.1 Å². The van der Waals surface area contributed by atoms with E-state index in [9.17, 15) is 9.59 Å². The molecule has 2 fully saturated rings. The van der Waals surface area contributed by atoms with E-state index in [1.54, 1.807) is 0 Å². The van der Waals surface area contributed by atoms with Crippen molar-refractivity contribution < 1.29 is 9.59 Å². The summed E-state index contributed by atoms with van der Waals surface area (Å²) >= 11 is 0. The maximum Gasteiger partial charge on any atom is 0.225 e. The molecule has 1 atom stereocenters. The van der Waals surface area contributed by atoms with Gasteiger partial charge >= 0.3 is 0 Å². The van der Waals surface area contributed by atoms with E-state index in [2.05, 4.69) is 10.6 Å². The summed E-state index contributed by atoms with van der Waals surface area (Å²) in [5.74, 6) is 0.0460. The molecule has 2 amide bonds. The molecule has 1 heterocycles. The number of nitrogens with one attached hydrogen (secondary N) is 2. The van der Waals surface area contributed by atoms with E-state index in [0.717, 1.165) is 19.4 Å². The van der Waals surface area contributed by atoms with Crippen LogP contribution in [0.5, 0.6) is 0 Å². The molecule has 1 aliphatic heterocycles. The number of carbonyl (C=O) groups is 2. The Morgan fingerprint density at radius 1 is 1.32 bits per heavy atom. The summed E-state index contributed by atoms with van der Waals surface area (Å²) < 4.78 is 0. The smallest absolute Gasteiger partial charge is 0.225 e. The fourth-order valence-corrected chi connectivity index (χ4v) is 2.93. The number of nitrogens with zero attached hydrogens (tertiary/aromatic N) is 1. The van der Waals surface area contributed by atoms with Crippen molar-refractivity contribution in [3.8, 4) is 0 Å². The first-order chi connectivity index (χ1) is 8.72. The molecule has 0 spiro atoms. The molecule has 1 saturated carbocycles. The first kappa shape index (κ1) is 16.2. The molecule has 0 aromatic heterocycles. The SMILES string of the molecule is CNCCNC(=O)C1CC(=O)N(C2CCCC2)C1.Cl. The Bertz CT molecular complexity index is 319. The van der Waals surface area contributed by atoms with E-state index in [1.165, 1.54) is 12.8 Å². The minimum atomic E-state index is -0.144. The van der Waals surface area contributed by atoms with E-state index in [0.29, 0.717) is 25.6 Å². The molecular formula is C13H24ClN3O2. The van der Waals surface area contributed by atoms with Crippen molar-refractivity contribution in [3.63, 3.8) is 0 Å². The van der Waals surface area contributed by atoms with Crippen LogP contribution in [0.3, 0.4) is 0 Å². The topological polar surface area (TPSA) is 61.4 Å². The third-order valence-electron chi connectivity index (χ3n) is 3.97. The average molecular weight is 290 g/mol. The highest BCUT2D eigenvalue weighted by molar-refractivity contribution is 5.89. The first-order valence-electron chi connectivity index (χ1n) is 6.94. The standard InChI is InChI=1S/C13H23N3O2.ClH/c1-14-6-7-15-13(18)10-8-12(17)16(9-10)11-4-2-3-5-11;/h10-11,14H,2-9H2,1H3,(H,15,18);1H. The maximum atomic E-state index is 11.9. The van der Waals surface area contributed by atoms with Crippen LogP contribution in [0.4, 0.5) is 0 Å². The fourth-order valence-electron chi connectivity index (χ4n) is 2.93. The quantitative estimate of drug-likeness (QED) is 0.726. The minimum Gasteiger partial charge on any atom is -0.355 e. The van der Waals surface area contributed by atoms with E-state index < -0.39 is 0 Å². The third-order valence-corrected chi connectivity index (χ3v) is 3.97. The third kappa shape index (κ3) is 4.08. The van der Waals surface area contributed by atoms with Crippen molar-refractivity contribution in [1.29, 1.82) is 0 Å². The van der Waals surface area contributed by atoms with Crippen LogP contribution < -0.4 is 10.6 Å². The van der Waals surface area contributed by atoms with Crippen LogP contribution in [0.15, 0.2) is 0 Å². The van der Waals surface area contributed by atoms with Crippen LogP contribution in [0.1, 0.15) is 32.1 Å². The molecule has 5 nitrogen and oxygen atoms in total. The van der Waals surface area contributed by atoms with Crippen molar-refractivity contribution in [2.75, 3.05) is 26.7 Å². The average Bonchev–Trinajstić information content (AvgIpc) is 2.97. The summed E-state index contributed by atoms with van der Waals surface area (Å²) in [5, 5.41) is 5.86. The van der Waals surface area contributed by atoms with Crippen molar-refractivity contribution in [2.45, 2.75) is 38.1 Å². The molecule has 1 unspecified atom stereocenters. The van der Waals surface area contributed by atoms with Gasteiger partial charge in [0.15, 0.2) is 0 Å². The summed E-state index contributed by atoms with van der Waals surface area (Å²) in [6.07, 6.45) is 5.04. The predicted octanol–water partition coefficient (Wildman–Crippen LogP) is 0.535. The number of hydrogen-bond donors (Lipinski definition) is 2. The van der Waals surface area contributed by atoms with Gasteiger partial charge in [-0.3, -0.25) is 9.59 Å². The van der Waals surface area contributed by atoms with E-state index in [1.807, 2.05) is 11.9 Å². The largest absolute Gasteiger partial charge is 0.355 e. The lowest BCUT2D eigenvalue weighted by atomic mass is 10.1. The van der Waals surface area contributed by atoms with Crippen LogP contribution in [0, 0.1) is 5.92 Å². The number of amides is 2. The van der Waals surface area contributed by atoms with Gasteiger partial charge in [-0.15, -0.1) is 12.4 Å². The first-order valence-corrected chi connectivity index (χ1v) is 6.94. The van der Waals surface area contributed by atoms with Crippen LogP contribution >= 0.6 is 12.4 Å². The van der Waals surface area contributed by atoms with Gasteiger partial charge < -0.3 is 15.5 Å². The molecule has 1 aliphatic carbocycles. The van der Waals surface area contributed by atoms with Gasteiger partial charge in [-0.05, 0) is 19.9 Å². The zero-order chi connectivity index (χ0) is 13.0. The van der Waals surface area contributed by atoms with Crippen molar-refractivity contribution in [1.82, 2.24) is 15.5 Å². The second-order valence-electron chi connectivity index (χ2n) is 5.28. The molecule has 1 saturated heterocycles. The minimum absolute atomic E-state index is 0. The van der Waals surface area contributed by atoms with E-state index in [-0.39, 0.29) is 30.1 Å². The molecule has 0 bridgehead atoms. The van der Waals surface area contributed by atoms with Crippen molar-refractivity contribution in [2.24, 2.45) is 5.92 Å². The van der Waals surface area contributed by atoms with Crippen LogP contribution in [0.25, 0.3) is 0 Å². The Labute approximate surface area is 120 Å². The highest BCUT2D eigenvalue weighted by Gasteiger charge is 2.38. The second-order valence-corrected chi connectivity index (χ2v) is 5.28. The summed E-state index contributed by atoms with van der Waals surface area (Å²) in [5.41, 5.74) is 0. The molecular weight excluding hydrogens is 266 g/mol. The number of hydrogen-bond acceptors (Lipinski definition) is 3.